The average Bonchev–Trinajstić information content (AvgIpc) is 2.26. The number of hydrogen-bond donors (Lipinski definition) is 2. The van der Waals surface area contributed by atoms with E-state index in [9.17, 15) is 4.39 Å². The van der Waals surface area contributed by atoms with Crippen molar-refractivity contribution in [2.75, 3.05) is 13.1 Å². The largest absolute Gasteiger partial charge is 0.329 e. The molecular formula is C12H14BrFN2. The summed E-state index contributed by atoms with van der Waals surface area (Å²) in [6.45, 7) is 2.61. The molecule has 0 spiro atoms. The van der Waals surface area contributed by atoms with Crippen molar-refractivity contribution in [3.05, 3.63) is 34.1 Å². The highest BCUT2D eigenvalue weighted by Gasteiger charge is 2.13. The molecule has 0 saturated heterocycles. The van der Waals surface area contributed by atoms with Gasteiger partial charge in [-0.3, -0.25) is 5.32 Å². The van der Waals surface area contributed by atoms with Crippen molar-refractivity contribution in [2.24, 2.45) is 5.73 Å². The van der Waals surface area contributed by atoms with Gasteiger partial charge in [0.05, 0.1) is 6.54 Å². The summed E-state index contributed by atoms with van der Waals surface area (Å²) >= 11 is 3.22. The van der Waals surface area contributed by atoms with Gasteiger partial charge in [-0.15, -0.1) is 5.92 Å². The molecule has 16 heavy (non-hydrogen) atoms. The highest BCUT2D eigenvalue weighted by atomic mass is 79.9. The highest BCUT2D eigenvalue weighted by Crippen LogP contribution is 2.20. The van der Waals surface area contributed by atoms with Crippen molar-refractivity contribution in [1.29, 1.82) is 0 Å². The van der Waals surface area contributed by atoms with E-state index in [-0.39, 0.29) is 11.9 Å². The Kier molecular flexibility index (Phi) is 5.47. The lowest BCUT2D eigenvalue weighted by molar-refractivity contribution is 0.529. The number of hydrogen-bond acceptors (Lipinski definition) is 2. The number of rotatable bonds is 4. The normalized spacial score (nSPS) is 11.8. The molecule has 0 saturated carbocycles. The van der Waals surface area contributed by atoms with E-state index in [1.165, 1.54) is 6.07 Å². The monoisotopic (exact) mass is 284 g/mol. The van der Waals surface area contributed by atoms with Gasteiger partial charge in [0.25, 0.3) is 0 Å². The topological polar surface area (TPSA) is 38.0 Å². The first-order valence-electron chi connectivity index (χ1n) is 4.97. The van der Waals surface area contributed by atoms with Gasteiger partial charge in [-0.05, 0) is 19.1 Å². The zero-order chi connectivity index (χ0) is 12.0. The lowest BCUT2D eigenvalue weighted by Gasteiger charge is -2.16. The van der Waals surface area contributed by atoms with Gasteiger partial charge in [0, 0.05) is 22.6 Å². The Morgan fingerprint density at radius 1 is 1.56 bits per heavy atom. The number of halogens is 2. The average molecular weight is 285 g/mol. The van der Waals surface area contributed by atoms with Gasteiger partial charge >= 0.3 is 0 Å². The summed E-state index contributed by atoms with van der Waals surface area (Å²) in [5, 5.41) is 3.09. The standard InChI is InChI=1S/C12H14BrFN2/c1-2-3-6-16-12(8-15)10-5-4-9(13)7-11(10)14/h4-5,7,12,16H,6,8,15H2,1H3. The van der Waals surface area contributed by atoms with Gasteiger partial charge in [0.1, 0.15) is 5.82 Å². The predicted molar refractivity (Wildman–Crippen MR) is 67.3 cm³/mol. The van der Waals surface area contributed by atoms with E-state index in [0.29, 0.717) is 18.7 Å². The summed E-state index contributed by atoms with van der Waals surface area (Å²) in [4.78, 5) is 0. The molecule has 1 aromatic rings. The summed E-state index contributed by atoms with van der Waals surface area (Å²) in [5.74, 6) is 5.37. The van der Waals surface area contributed by atoms with E-state index in [0.717, 1.165) is 4.47 Å². The Balaban J connectivity index is 2.80. The van der Waals surface area contributed by atoms with Gasteiger partial charge in [-0.1, -0.05) is 27.9 Å². The minimum Gasteiger partial charge on any atom is -0.329 e. The first-order valence-corrected chi connectivity index (χ1v) is 5.76. The minimum atomic E-state index is -0.262. The summed E-state index contributed by atoms with van der Waals surface area (Å²) in [7, 11) is 0. The van der Waals surface area contributed by atoms with Crippen molar-refractivity contribution in [3.8, 4) is 11.8 Å². The molecule has 1 aromatic carbocycles. The summed E-state index contributed by atoms with van der Waals surface area (Å²) in [5.41, 5.74) is 6.18. The molecule has 0 amide bonds. The molecule has 86 valence electrons. The molecule has 1 atom stereocenters. The number of nitrogens with two attached hydrogens (primary N) is 1. The van der Waals surface area contributed by atoms with Crippen molar-refractivity contribution >= 4 is 15.9 Å². The molecule has 1 unspecified atom stereocenters. The molecule has 3 N–H and O–H groups in total. The van der Waals surface area contributed by atoms with E-state index in [4.69, 9.17) is 5.73 Å². The molecule has 0 aromatic heterocycles. The molecule has 0 fully saturated rings. The van der Waals surface area contributed by atoms with Crippen LogP contribution in [0.3, 0.4) is 0 Å². The van der Waals surface area contributed by atoms with Crippen LogP contribution in [0.15, 0.2) is 22.7 Å². The van der Waals surface area contributed by atoms with Gasteiger partial charge in [-0.25, -0.2) is 4.39 Å². The van der Waals surface area contributed by atoms with Crippen molar-refractivity contribution in [3.63, 3.8) is 0 Å². The van der Waals surface area contributed by atoms with Crippen LogP contribution >= 0.6 is 15.9 Å². The third-order valence-electron chi connectivity index (χ3n) is 2.19. The lowest BCUT2D eigenvalue weighted by atomic mass is 10.1. The maximum absolute atomic E-state index is 13.6. The van der Waals surface area contributed by atoms with Crippen LogP contribution in [-0.2, 0) is 0 Å². The van der Waals surface area contributed by atoms with E-state index in [1.54, 1.807) is 19.1 Å². The zero-order valence-electron chi connectivity index (χ0n) is 9.06. The second-order valence-corrected chi connectivity index (χ2v) is 4.18. The van der Waals surface area contributed by atoms with Crippen molar-refractivity contribution < 1.29 is 4.39 Å². The first-order chi connectivity index (χ1) is 7.69. The van der Waals surface area contributed by atoms with Gasteiger partial charge < -0.3 is 5.73 Å². The van der Waals surface area contributed by atoms with E-state index in [2.05, 4.69) is 33.1 Å². The Hall–Kier alpha value is -0.890. The smallest absolute Gasteiger partial charge is 0.129 e. The molecule has 0 heterocycles. The third-order valence-corrected chi connectivity index (χ3v) is 2.68. The van der Waals surface area contributed by atoms with Crippen LogP contribution in [0.4, 0.5) is 4.39 Å². The highest BCUT2D eigenvalue weighted by molar-refractivity contribution is 9.10. The second-order valence-electron chi connectivity index (χ2n) is 3.26. The molecule has 0 aliphatic rings. The molecule has 0 aliphatic heterocycles. The van der Waals surface area contributed by atoms with E-state index >= 15 is 0 Å². The van der Waals surface area contributed by atoms with Crippen molar-refractivity contribution in [2.45, 2.75) is 13.0 Å². The Labute approximate surface area is 104 Å². The van der Waals surface area contributed by atoms with E-state index < -0.39 is 0 Å². The Morgan fingerprint density at radius 3 is 2.88 bits per heavy atom. The molecule has 0 aliphatic carbocycles. The summed E-state index contributed by atoms with van der Waals surface area (Å²) in [6, 6.07) is 4.76. The van der Waals surface area contributed by atoms with Crippen LogP contribution in [0.5, 0.6) is 0 Å². The quantitative estimate of drug-likeness (QED) is 0.832. The van der Waals surface area contributed by atoms with Gasteiger partial charge in [0.2, 0.25) is 0 Å². The van der Waals surface area contributed by atoms with Crippen LogP contribution < -0.4 is 11.1 Å². The number of nitrogens with one attached hydrogen (secondary N) is 1. The zero-order valence-corrected chi connectivity index (χ0v) is 10.6. The third kappa shape index (κ3) is 3.60. The summed E-state index contributed by atoms with van der Waals surface area (Å²) < 4.78 is 14.4. The van der Waals surface area contributed by atoms with Crippen LogP contribution in [0.2, 0.25) is 0 Å². The molecular weight excluding hydrogens is 271 g/mol. The summed E-state index contributed by atoms with van der Waals surface area (Å²) in [6.07, 6.45) is 0. The van der Waals surface area contributed by atoms with Crippen molar-refractivity contribution in [1.82, 2.24) is 5.32 Å². The van der Waals surface area contributed by atoms with Gasteiger partial charge in [-0.2, -0.15) is 0 Å². The molecule has 2 nitrogen and oxygen atoms in total. The molecule has 0 bridgehead atoms. The lowest BCUT2D eigenvalue weighted by Crippen LogP contribution is -2.29. The van der Waals surface area contributed by atoms with Crippen LogP contribution in [0, 0.1) is 17.7 Å². The van der Waals surface area contributed by atoms with E-state index in [1.807, 2.05) is 0 Å². The fourth-order valence-corrected chi connectivity index (χ4v) is 1.70. The number of benzene rings is 1. The fourth-order valence-electron chi connectivity index (χ4n) is 1.37. The molecule has 1 rings (SSSR count). The first kappa shape index (κ1) is 13.2. The SMILES string of the molecule is CC#CCNC(CN)c1ccc(Br)cc1F. The maximum atomic E-state index is 13.6. The Bertz CT molecular complexity index is 409. The Morgan fingerprint density at radius 2 is 2.31 bits per heavy atom. The molecule has 0 radical (unpaired) electrons. The fraction of sp³-hybridized carbons (Fsp3) is 0.333. The predicted octanol–water partition coefficient (Wildman–Crippen LogP) is 2.20. The second kappa shape index (κ2) is 6.64. The van der Waals surface area contributed by atoms with Crippen LogP contribution in [0.25, 0.3) is 0 Å². The maximum Gasteiger partial charge on any atom is 0.129 e. The van der Waals surface area contributed by atoms with Crippen LogP contribution in [0.1, 0.15) is 18.5 Å². The minimum absolute atomic E-state index is 0.200. The van der Waals surface area contributed by atoms with Gasteiger partial charge in [0.15, 0.2) is 0 Å². The molecule has 4 heteroatoms. The van der Waals surface area contributed by atoms with Crippen LogP contribution in [-0.4, -0.2) is 13.1 Å².